The minimum Gasteiger partial charge on any atom is -0.396 e. The molecule has 0 radical (unpaired) electrons. The lowest BCUT2D eigenvalue weighted by Crippen LogP contribution is -2.32. The molecule has 17 heavy (non-hydrogen) atoms. The molecule has 0 aliphatic rings. The Hall–Kier alpha value is -1.65. The highest BCUT2D eigenvalue weighted by atomic mass is 16.6. The Kier molecular flexibility index (Phi) is 5.99. The first-order valence-electron chi connectivity index (χ1n) is 5.45. The van der Waals surface area contributed by atoms with Crippen LogP contribution in [0.2, 0.25) is 0 Å². The lowest BCUT2D eigenvalue weighted by Gasteiger charge is -2.12. The molecular weight excluding hydrogens is 218 g/mol. The van der Waals surface area contributed by atoms with E-state index in [1.807, 2.05) is 30.3 Å². The summed E-state index contributed by atoms with van der Waals surface area (Å²) in [6, 6.07) is 9.51. The zero-order valence-electron chi connectivity index (χ0n) is 9.63. The van der Waals surface area contributed by atoms with E-state index in [0.29, 0.717) is 13.0 Å². The number of hydrogen-bond donors (Lipinski definition) is 2. The van der Waals surface area contributed by atoms with E-state index in [1.54, 1.807) is 6.08 Å². The summed E-state index contributed by atoms with van der Waals surface area (Å²) in [5.41, 5.74) is 3.29. The van der Waals surface area contributed by atoms with Gasteiger partial charge in [0, 0.05) is 0 Å². The monoisotopic (exact) mass is 235 g/mol. The lowest BCUT2D eigenvalue weighted by molar-refractivity contribution is -0.140. The zero-order chi connectivity index (χ0) is 12.5. The number of hydroxylamine groups is 1. The van der Waals surface area contributed by atoms with E-state index in [9.17, 15) is 4.79 Å². The Morgan fingerprint density at radius 2 is 2.18 bits per heavy atom. The normalized spacial score (nSPS) is 11.8. The number of aliphatic hydroxyl groups excluding tert-OH is 1. The van der Waals surface area contributed by atoms with Crippen molar-refractivity contribution >= 4 is 5.91 Å². The van der Waals surface area contributed by atoms with E-state index in [4.69, 9.17) is 9.94 Å². The maximum atomic E-state index is 11.5. The van der Waals surface area contributed by atoms with Crippen LogP contribution in [0, 0.1) is 5.92 Å². The second-order valence-corrected chi connectivity index (χ2v) is 3.64. The van der Waals surface area contributed by atoms with Gasteiger partial charge in [-0.05, 0) is 12.0 Å². The molecule has 1 aromatic rings. The van der Waals surface area contributed by atoms with Crippen molar-refractivity contribution in [3.63, 3.8) is 0 Å². The molecule has 0 fully saturated rings. The Balaban J connectivity index is 2.30. The third-order valence-electron chi connectivity index (χ3n) is 2.30. The topological polar surface area (TPSA) is 58.6 Å². The Bertz CT molecular complexity index is 351. The quantitative estimate of drug-likeness (QED) is 0.555. The summed E-state index contributed by atoms with van der Waals surface area (Å²) in [6.45, 7) is 3.62. The molecular formula is C13H17NO3. The van der Waals surface area contributed by atoms with Crippen LogP contribution >= 0.6 is 0 Å². The van der Waals surface area contributed by atoms with Crippen LogP contribution in [0.5, 0.6) is 0 Å². The molecule has 0 aromatic heterocycles. The maximum Gasteiger partial charge on any atom is 0.249 e. The van der Waals surface area contributed by atoms with Crippen LogP contribution in [0.25, 0.3) is 0 Å². The van der Waals surface area contributed by atoms with Crippen molar-refractivity contribution in [3.05, 3.63) is 48.6 Å². The summed E-state index contributed by atoms with van der Waals surface area (Å²) in [5, 5.41) is 8.98. The summed E-state index contributed by atoms with van der Waals surface area (Å²) >= 11 is 0. The van der Waals surface area contributed by atoms with E-state index in [1.165, 1.54) is 0 Å². The number of amides is 1. The fraction of sp³-hybridized carbons (Fsp3) is 0.308. The summed E-state index contributed by atoms with van der Waals surface area (Å²) in [7, 11) is 0. The summed E-state index contributed by atoms with van der Waals surface area (Å²) in [6.07, 6.45) is 2.02. The highest BCUT2D eigenvalue weighted by Gasteiger charge is 2.15. The number of benzene rings is 1. The number of carbonyl (C=O) groups excluding carboxylic acids is 1. The van der Waals surface area contributed by atoms with Crippen molar-refractivity contribution in [2.75, 3.05) is 6.61 Å². The number of hydrogen-bond acceptors (Lipinski definition) is 3. The van der Waals surface area contributed by atoms with Crippen LogP contribution in [-0.4, -0.2) is 17.6 Å². The maximum absolute atomic E-state index is 11.5. The molecule has 0 aliphatic carbocycles. The van der Waals surface area contributed by atoms with Gasteiger partial charge in [0.05, 0.1) is 19.1 Å². The minimum absolute atomic E-state index is 0.216. The Morgan fingerprint density at radius 3 is 2.76 bits per heavy atom. The first kappa shape index (κ1) is 13.4. The van der Waals surface area contributed by atoms with Gasteiger partial charge in [0.25, 0.3) is 0 Å². The molecule has 0 unspecified atom stereocenters. The molecule has 0 saturated carbocycles. The van der Waals surface area contributed by atoms with E-state index >= 15 is 0 Å². The smallest absolute Gasteiger partial charge is 0.249 e. The number of allylic oxidation sites excluding steroid dienone is 1. The molecule has 1 atom stereocenters. The van der Waals surface area contributed by atoms with Crippen LogP contribution in [0.15, 0.2) is 43.0 Å². The molecule has 4 heteroatoms. The third-order valence-corrected chi connectivity index (χ3v) is 2.30. The largest absolute Gasteiger partial charge is 0.396 e. The van der Waals surface area contributed by atoms with E-state index in [2.05, 4.69) is 12.1 Å². The van der Waals surface area contributed by atoms with Crippen molar-refractivity contribution in [2.24, 2.45) is 5.92 Å². The average Bonchev–Trinajstić information content (AvgIpc) is 2.37. The molecule has 0 bridgehead atoms. The van der Waals surface area contributed by atoms with E-state index < -0.39 is 5.92 Å². The SMILES string of the molecule is C=CC[C@H](CO)C(=O)NOCc1ccccc1. The van der Waals surface area contributed by atoms with Crippen molar-refractivity contribution in [2.45, 2.75) is 13.0 Å². The molecule has 1 rings (SSSR count). The number of rotatable bonds is 7. The van der Waals surface area contributed by atoms with Crippen LogP contribution < -0.4 is 5.48 Å². The van der Waals surface area contributed by atoms with Gasteiger partial charge in [0.2, 0.25) is 5.91 Å². The summed E-state index contributed by atoms with van der Waals surface area (Å²) < 4.78 is 0. The Morgan fingerprint density at radius 1 is 1.47 bits per heavy atom. The third kappa shape index (κ3) is 4.80. The van der Waals surface area contributed by atoms with E-state index in [-0.39, 0.29) is 12.5 Å². The van der Waals surface area contributed by atoms with Gasteiger partial charge >= 0.3 is 0 Å². The molecule has 2 N–H and O–H groups in total. The fourth-order valence-corrected chi connectivity index (χ4v) is 1.31. The highest BCUT2D eigenvalue weighted by molar-refractivity contribution is 5.77. The molecule has 92 valence electrons. The number of aliphatic hydroxyl groups is 1. The molecule has 1 amide bonds. The fourth-order valence-electron chi connectivity index (χ4n) is 1.31. The van der Waals surface area contributed by atoms with E-state index in [0.717, 1.165) is 5.56 Å². The molecule has 0 heterocycles. The number of nitrogens with one attached hydrogen (secondary N) is 1. The van der Waals surface area contributed by atoms with Gasteiger partial charge in [-0.1, -0.05) is 36.4 Å². The number of carbonyl (C=O) groups is 1. The van der Waals surface area contributed by atoms with Gasteiger partial charge in [0.1, 0.15) is 0 Å². The molecule has 4 nitrogen and oxygen atoms in total. The minimum atomic E-state index is -0.497. The van der Waals surface area contributed by atoms with Crippen molar-refractivity contribution in [3.8, 4) is 0 Å². The molecule has 0 aliphatic heterocycles. The second kappa shape index (κ2) is 7.60. The molecule has 0 saturated heterocycles. The van der Waals surface area contributed by atoms with Crippen LogP contribution in [-0.2, 0) is 16.2 Å². The van der Waals surface area contributed by atoms with Gasteiger partial charge in [-0.15, -0.1) is 6.58 Å². The lowest BCUT2D eigenvalue weighted by atomic mass is 10.1. The Labute approximate surface area is 101 Å². The van der Waals surface area contributed by atoms with Gasteiger partial charge in [-0.2, -0.15) is 0 Å². The first-order valence-corrected chi connectivity index (χ1v) is 5.45. The summed E-state index contributed by atoms with van der Waals surface area (Å²) in [5.74, 6) is -0.827. The van der Waals surface area contributed by atoms with Crippen molar-refractivity contribution in [1.82, 2.24) is 5.48 Å². The first-order chi connectivity index (χ1) is 8.27. The van der Waals surface area contributed by atoms with Gasteiger partial charge in [0.15, 0.2) is 0 Å². The van der Waals surface area contributed by atoms with Crippen molar-refractivity contribution in [1.29, 1.82) is 0 Å². The van der Waals surface area contributed by atoms with Crippen molar-refractivity contribution < 1.29 is 14.7 Å². The molecule has 0 spiro atoms. The van der Waals surface area contributed by atoms with Gasteiger partial charge in [-0.3, -0.25) is 9.63 Å². The standard InChI is InChI=1S/C13H17NO3/c1-2-6-12(9-15)13(16)14-17-10-11-7-4-3-5-8-11/h2-5,7-8,12,15H,1,6,9-10H2,(H,14,16)/t12-/m1/s1. The average molecular weight is 235 g/mol. The van der Waals surface area contributed by atoms with Crippen LogP contribution in [0.4, 0.5) is 0 Å². The second-order valence-electron chi connectivity index (χ2n) is 3.64. The summed E-state index contributed by atoms with van der Waals surface area (Å²) in [4.78, 5) is 16.6. The predicted octanol–water partition coefficient (Wildman–Crippen LogP) is 1.42. The van der Waals surface area contributed by atoms with Gasteiger partial charge < -0.3 is 5.11 Å². The zero-order valence-corrected chi connectivity index (χ0v) is 9.63. The van der Waals surface area contributed by atoms with Crippen LogP contribution in [0.3, 0.4) is 0 Å². The molecule has 1 aromatic carbocycles. The predicted molar refractivity (Wildman–Crippen MR) is 64.8 cm³/mol. The highest BCUT2D eigenvalue weighted by Crippen LogP contribution is 2.03. The van der Waals surface area contributed by atoms with Crippen LogP contribution in [0.1, 0.15) is 12.0 Å². The van der Waals surface area contributed by atoms with Gasteiger partial charge in [-0.25, -0.2) is 5.48 Å².